The summed E-state index contributed by atoms with van der Waals surface area (Å²) in [5, 5.41) is 13.2. The van der Waals surface area contributed by atoms with Gasteiger partial charge in [0.05, 0.1) is 5.69 Å². The van der Waals surface area contributed by atoms with Crippen molar-refractivity contribution in [1.82, 2.24) is 9.78 Å². The van der Waals surface area contributed by atoms with Gasteiger partial charge in [-0.05, 0) is 49.6 Å². The number of carboxylic acids is 1. The van der Waals surface area contributed by atoms with Gasteiger partial charge in [-0.15, -0.1) is 0 Å². The Morgan fingerprint density at radius 2 is 2.00 bits per heavy atom. The third-order valence-corrected chi connectivity index (χ3v) is 3.24. The SMILES string of the molecule is CCCc1cc(C(=O)O)nn1-c1ccc(C)c(C)c1. The van der Waals surface area contributed by atoms with Crippen LogP contribution in [0.1, 0.15) is 40.7 Å². The van der Waals surface area contributed by atoms with Crippen molar-refractivity contribution < 1.29 is 9.90 Å². The molecule has 1 N–H and O–H groups in total. The van der Waals surface area contributed by atoms with Crippen LogP contribution in [0, 0.1) is 13.8 Å². The number of carbonyl (C=O) groups is 1. The number of aromatic carboxylic acids is 1. The summed E-state index contributed by atoms with van der Waals surface area (Å²) in [6.45, 7) is 6.16. The first kappa shape index (κ1) is 13.3. The topological polar surface area (TPSA) is 55.1 Å². The van der Waals surface area contributed by atoms with Crippen LogP contribution in [-0.2, 0) is 6.42 Å². The van der Waals surface area contributed by atoms with Gasteiger partial charge in [0.25, 0.3) is 0 Å². The molecule has 0 amide bonds. The minimum atomic E-state index is -0.986. The van der Waals surface area contributed by atoms with Crippen LogP contribution in [-0.4, -0.2) is 20.9 Å². The van der Waals surface area contributed by atoms with Gasteiger partial charge in [-0.25, -0.2) is 9.48 Å². The zero-order chi connectivity index (χ0) is 14.0. The summed E-state index contributed by atoms with van der Waals surface area (Å²) in [5.41, 5.74) is 4.34. The summed E-state index contributed by atoms with van der Waals surface area (Å²) in [6.07, 6.45) is 1.77. The first-order valence-electron chi connectivity index (χ1n) is 6.42. The maximum Gasteiger partial charge on any atom is 0.356 e. The molecule has 19 heavy (non-hydrogen) atoms. The summed E-state index contributed by atoms with van der Waals surface area (Å²) in [4.78, 5) is 11.0. The molecule has 4 nitrogen and oxygen atoms in total. The van der Waals surface area contributed by atoms with Gasteiger partial charge in [-0.2, -0.15) is 5.10 Å². The smallest absolute Gasteiger partial charge is 0.356 e. The van der Waals surface area contributed by atoms with Gasteiger partial charge in [-0.1, -0.05) is 19.4 Å². The van der Waals surface area contributed by atoms with Gasteiger partial charge in [0.15, 0.2) is 5.69 Å². The second-order valence-corrected chi connectivity index (χ2v) is 4.76. The van der Waals surface area contributed by atoms with Crippen LogP contribution in [0.4, 0.5) is 0 Å². The zero-order valence-corrected chi connectivity index (χ0v) is 11.5. The molecule has 0 saturated carbocycles. The molecule has 0 atom stereocenters. The first-order valence-corrected chi connectivity index (χ1v) is 6.42. The molecule has 0 radical (unpaired) electrons. The number of carboxylic acid groups (broad SMARTS) is 1. The van der Waals surface area contributed by atoms with Crippen LogP contribution in [0.3, 0.4) is 0 Å². The van der Waals surface area contributed by atoms with Crippen molar-refractivity contribution in [2.45, 2.75) is 33.6 Å². The molecule has 2 rings (SSSR count). The van der Waals surface area contributed by atoms with Crippen molar-refractivity contribution in [2.75, 3.05) is 0 Å². The van der Waals surface area contributed by atoms with Crippen molar-refractivity contribution in [1.29, 1.82) is 0 Å². The lowest BCUT2D eigenvalue weighted by Crippen LogP contribution is -2.04. The Kier molecular flexibility index (Phi) is 3.69. The molecule has 1 aromatic carbocycles. The largest absolute Gasteiger partial charge is 0.476 e. The maximum atomic E-state index is 11.0. The summed E-state index contributed by atoms with van der Waals surface area (Å²) in [7, 11) is 0. The Morgan fingerprint density at radius 3 is 2.58 bits per heavy atom. The lowest BCUT2D eigenvalue weighted by atomic mass is 10.1. The van der Waals surface area contributed by atoms with Crippen LogP contribution in [0.5, 0.6) is 0 Å². The second kappa shape index (κ2) is 5.26. The third-order valence-electron chi connectivity index (χ3n) is 3.24. The molecule has 0 unspecified atom stereocenters. The van der Waals surface area contributed by atoms with Crippen molar-refractivity contribution in [3.05, 3.63) is 46.8 Å². The van der Waals surface area contributed by atoms with E-state index in [1.807, 2.05) is 25.1 Å². The van der Waals surface area contributed by atoms with Gasteiger partial charge in [-0.3, -0.25) is 0 Å². The molecule has 0 aliphatic carbocycles. The molecule has 0 bridgehead atoms. The number of hydrogen-bond acceptors (Lipinski definition) is 2. The van der Waals surface area contributed by atoms with Crippen molar-refractivity contribution in [3.63, 3.8) is 0 Å². The average Bonchev–Trinajstić information content (AvgIpc) is 2.77. The zero-order valence-electron chi connectivity index (χ0n) is 11.5. The van der Waals surface area contributed by atoms with Crippen LogP contribution in [0.15, 0.2) is 24.3 Å². The number of aryl methyl sites for hydroxylation is 3. The lowest BCUT2D eigenvalue weighted by Gasteiger charge is -2.08. The fraction of sp³-hybridized carbons (Fsp3) is 0.333. The van der Waals surface area contributed by atoms with E-state index in [0.29, 0.717) is 0 Å². The average molecular weight is 258 g/mol. The molecular formula is C15H18N2O2. The standard InChI is InChI=1S/C15H18N2O2/c1-4-5-12-9-14(15(18)19)16-17(12)13-7-6-10(2)11(3)8-13/h6-9H,4-5H2,1-3H3,(H,18,19). The van der Waals surface area contributed by atoms with E-state index in [2.05, 4.69) is 18.9 Å². The molecule has 0 aliphatic rings. The Labute approximate surface area is 112 Å². The molecule has 1 heterocycles. The normalized spacial score (nSPS) is 10.7. The number of nitrogens with zero attached hydrogens (tertiary/aromatic N) is 2. The van der Waals surface area contributed by atoms with Crippen LogP contribution < -0.4 is 0 Å². The molecule has 4 heteroatoms. The Balaban J connectivity index is 2.52. The first-order chi connectivity index (χ1) is 9.02. The van der Waals surface area contributed by atoms with Crippen LogP contribution >= 0.6 is 0 Å². The Hall–Kier alpha value is -2.10. The van der Waals surface area contributed by atoms with E-state index in [-0.39, 0.29) is 5.69 Å². The van der Waals surface area contributed by atoms with E-state index in [0.717, 1.165) is 24.2 Å². The van der Waals surface area contributed by atoms with Crippen LogP contribution in [0.25, 0.3) is 5.69 Å². The molecule has 0 aliphatic heterocycles. The molecular weight excluding hydrogens is 240 g/mol. The number of rotatable bonds is 4. The van der Waals surface area contributed by atoms with Crippen molar-refractivity contribution in [3.8, 4) is 5.69 Å². The van der Waals surface area contributed by atoms with Gasteiger partial charge >= 0.3 is 5.97 Å². The minimum Gasteiger partial charge on any atom is -0.476 e. The fourth-order valence-electron chi connectivity index (χ4n) is 2.04. The fourth-order valence-corrected chi connectivity index (χ4v) is 2.04. The molecule has 1 aromatic heterocycles. The van der Waals surface area contributed by atoms with Crippen molar-refractivity contribution >= 4 is 5.97 Å². The van der Waals surface area contributed by atoms with E-state index in [1.165, 1.54) is 11.1 Å². The van der Waals surface area contributed by atoms with Crippen molar-refractivity contribution in [2.24, 2.45) is 0 Å². The quantitative estimate of drug-likeness (QED) is 0.916. The summed E-state index contributed by atoms with van der Waals surface area (Å²) in [5.74, 6) is -0.986. The highest BCUT2D eigenvalue weighted by Gasteiger charge is 2.14. The van der Waals surface area contributed by atoms with E-state index >= 15 is 0 Å². The monoisotopic (exact) mass is 258 g/mol. The maximum absolute atomic E-state index is 11.0. The number of hydrogen-bond donors (Lipinski definition) is 1. The van der Waals surface area contributed by atoms with Crippen LogP contribution in [0.2, 0.25) is 0 Å². The highest BCUT2D eigenvalue weighted by atomic mass is 16.4. The molecule has 100 valence electrons. The van der Waals surface area contributed by atoms with Gasteiger partial charge in [0.2, 0.25) is 0 Å². The summed E-state index contributed by atoms with van der Waals surface area (Å²) < 4.78 is 1.74. The molecule has 0 fully saturated rings. The van der Waals surface area contributed by atoms with E-state index in [9.17, 15) is 4.79 Å². The highest BCUT2D eigenvalue weighted by molar-refractivity contribution is 5.85. The third kappa shape index (κ3) is 2.67. The summed E-state index contributed by atoms with van der Waals surface area (Å²) >= 11 is 0. The number of aromatic nitrogens is 2. The second-order valence-electron chi connectivity index (χ2n) is 4.76. The molecule has 2 aromatic rings. The van der Waals surface area contributed by atoms with Gasteiger partial charge in [0.1, 0.15) is 0 Å². The van der Waals surface area contributed by atoms with E-state index < -0.39 is 5.97 Å². The Morgan fingerprint density at radius 1 is 1.26 bits per heavy atom. The highest BCUT2D eigenvalue weighted by Crippen LogP contribution is 2.17. The summed E-state index contributed by atoms with van der Waals surface area (Å²) in [6, 6.07) is 7.69. The number of benzene rings is 1. The predicted molar refractivity (Wildman–Crippen MR) is 74.0 cm³/mol. The molecule has 0 spiro atoms. The lowest BCUT2D eigenvalue weighted by molar-refractivity contribution is 0.0690. The van der Waals surface area contributed by atoms with Gasteiger partial charge in [0, 0.05) is 5.69 Å². The predicted octanol–water partition coefficient (Wildman–Crippen LogP) is 3.14. The van der Waals surface area contributed by atoms with E-state index in [1.54, 1.807) is 10.7 Å². The Bertz CT molecular complexity index is 615. The van der Waals surface area contributed by atoms with E-state index in [4.69, 9.17) is 5.11 Å². The minimum absolute atomic E-state index is 0.0988. The molecule has 0 saturated heterocycles. The van der Waals surface area contributed by atoms with Gasteiger partial charge < -0.3 is 5.11 Å².